The summed E-state index contributed by atoms with van der Waals surface area (Å²) < 4.78 is 12.1. The van der Waals surface area contributed by atoms with Gasteiger partial charge in [0.05, 0.1) is 26.1 Å². The number of rotatable bonds is 7. The zero-order chi connectivity index (χ0) is 18.4. The Balaban J connectivity index is 1.57. The molecule has 3 rings (SSSR count). The van der Waals surface area contributed by atoms with Crippen molar-refractivity contribution >= 4 is 5.91 Å². The second-order valence-corrected chi connectivity index (χ2v) is 5.58. The van der Waals surface area contributed by atoms with E-state index in [0.29, 0.717) is 24.5 Å². The molecule has 0 atom stereocenters. The van der Waals surface area contributed by atoms with Gasteiger partial charge in [-0.05, 0) is 36.2 Å². The molecule has 0 radical (unpaired) electrons. The van der Waals surface area contributed by atoms with E-state index in [9.17, 15) is 4.79 Å². The second-order valence-electron chi connectivity index (χ2n) is 5.58. The molecule has 3 aromatic rings. The summed E-state index contributed by atoms with van der Waals surface area (Å²) >= 11 is 0. The number of ether oxygens (including phenoxy) is 2. The normalized spacial score (nSPS) is 10.4. The molecule has 26 heavy (non-hydrogen) atoms. The van der Waals surface area contributed by atoms with Crippen molar-refractivity contribution in [1.82, 2.24) is 20.3 Å². The number of nitrogens with one attached hydrogen (secondary N) is 1. The van der Waals surface area contributed by atoms with Gasteiger partial charge < -0.3 is 14.8 Å². The molecule has 7 nitrogen and oxygen atoms in total. The van der Waals surface area contributed by atoms with E-state index in [1.54, 1.807) is 25.1 Å². The van der Waals surface area contributed by atoms with Gasteiger partial charge in [-0.3, -0.25) is 4.79 Å². The molecule has 0 aliphatic rings. The lowest BCUT2D eigenvalue weighted by Crippen LogP contribution is -2.26. The summed E-state index contributed by atoms with van der Waals surface area (Å²) in [6.07, 6.45) is 2.28. The lowest BCUT2D eigenvalue weighted by atomic mass is 10.1. The van der Waals surface area contributed by atoms with Gasteiger partial charge in [-0.2, -0.15) is 0 Å². The van der Waals surface area contributed by atoms with Crippen LogP contribution in [0.25, 0.3) is 5.69 Å². The zero-order valence-electron chi connectivity index (χ0n) is 14.7. The first kappa shape index (κ1) is 17.5. The van der Waals surface area contributed by atoms with Crippen molar-refractivity contribution < 1.29 is 14.3 Å². The highest BCUT2D eigenvalue weighted by molar-refractivity contribution is 5.91. The Morgan fingerprint density at radius 2 is 1.85 bits per heavy atom. The summed E-state index contributed by atoms with van der Waals surface area (Å²) in [4.78, 5) is 12.2. The predicted octanol–water partition coefficient (Wildman–Crippen LogP) is 2.26. The van der Waals surface area contributed by atoms with Crippen LogP contribution < -0.4 is 14.8 Å². The number of amides is 1. The van der Waals surface area contributed by atoms with Gasteiger partial charge >= 0.3 is 0 Å². The summed E-state index contributed by atoms with van der Waals surface area (Å²) in [5, 5.41) is 10.8. The van der Waals surface area contributed by atoms with Crippen molar-refractivity contribution in [2.24, 2.45) is 0 Å². The molecular weight excluding hydrogens is 332 g/mol. The summed E-state index contributed by atoms with van der Waals surface area (Å²) in [6.45, 7) is 0.479. The molecule has 0 aliphatic heterocycles. The number of methoxy groups -OCH3 is 2. The highest BCUT2D eigenvalue weighted by Gasteiger charge is 2.11. The molecule has 1 N–H and O–H groups in total. The first-order chi connectivity index (χ1) is 12.7. The molecule has 0 saturated heterocycles. The van der Waals surface area contributed by atoms with Crippen LogP contribution in [0.4, 0.5) is 0 Å². The van der Waals surface area contributed by atoms with Gasteiger partial charge in [-0.1, -0.05) is 29.5 Å². The highest BCUT2D eigenvalue weighted by atomic mass is 16.5. The van der Waals surface area contributed by atoms with Crippen molar-refractivity contribution in [1.29, 1.82) is 0 Å². The lowest BCUT2D eigenvalue weighted by molar-refractivity contribution is 0.0949. The Labute approximate surface area is 151 Å². The minimum Gasteiger partial charge on any atom is -0.493 e. The van der Waals surface area contributed by atoms with Crippen LogP contribution in [0.3, 0.4) is 0 Å². The Morgan fingerprint density at radius 1 is 1.08 bits per heavy atom. The molecule has 134 valence electrons. The molecule has 0 bridgehead atoms. The van der Waals surface area contributed by atoms with Crippen LogP contribution in [0.5, 0.6) is 11.5 Å². The van der Waals surface area contributed by atoms with E-state index in [0.717, 1.165) is 11.3 Å². The molecule has 0 fully saturated rings. The SMILES string of the molecule is COc1ccc(CCNC(=O)c2cn(-c3ccccc3)nn2)cc1OC. The van der Waals surface area contributed by atoms with E-state index in [4.69, 9.17) is 9.47 Å². The first-order valence-electron chi connectivity index (χ1n) is 8.18. The maximum Gasteiger partial charge on any atom is 0.273 e. The molecule has 1 heterocycles. The maximum absolute atomic E-state index is 12.2. The van der Waals surface area contributed by atoms with E-state index in [1.807, 2.05) is 48.5 Å². The van der Waals surface area contributed by atoms with Crippen molar-refractivity contribution in [2.45, 2.75) is 6.42 Å². The fourth-order valence-electron chi connectivity index (χ4n) is 2.52. The van der Waals surface area contributed by atoms with E-state index in [1.165, 1.54) is 0 Å². The van der Waals surface area contributed by atoms with Crippen molar-refractivity contribution in [3.63, 3.8) is 0 Å². The molecule has 1 amide bonds. The monoisotopic (exact) mass is 352 g/mol. The summed E-state index contributed by atoms with van der Waals surface area (Å²) in [7, 11) is 3.19. The number of carbonyl (C=O) groups excluding carboxylic acids is 1. The topological polar surface area (TPSA) is 78.3 Å². The molecule has 0 saturated carbocycles. The van der Waals surface area contributed by atoms with Crippen LogP contribution >= 0.6 is 0 Å². The van der Waals surface area contributed by atoms with Crippen LogP contribution in [-0.2, 0) is 6.42 Å². The van der Waals surface area contributed by atoms with Gasteiger partial charge in [0, 0.05) is 6.54 Å². The van der Waals surface area contributed by atoms with Gasteiger partial charge in [0.15, 0.2) is 17.2 Å². The van der Waals surface area contributed by atoms with E-state index >= 15 is 0 Å². The smallest absolute Gasteiger partial charge is 0.273 e. The third-order valence-corrected chi connectivity index (χ3v) is 3.89. The minimum atomic E-state index is -0.257. The first-order valence-corrected chi connectivity index (χ1v) is 8.18. The quantitative estimate of drug-likeness (QED) is 0.706. The van der Waals surface area contributed by atoms with E-state index < -0.39 is 0 Å². The van der Waals surface area contributed by atoms with Gasteiger partial charge in [-0.25, -0.2) is 4.68 Å². The van der Waals surface area contributed by atoms with Gasteiger partial charge in [0.25, 0.3) is 5.91 Å². The Kier molecular flexibility index (Phi) is 5.48. The molecule has 2 aromatic carbocycles. The molecule has 1 aromatic heterocycles. The molecular formula is C19H20N4O3. The molecule has 7 heteroatoms. The average Bonchev–Trinajstić information content (AvgIpc) is 3.19. The fraction of sp³-hybridized carbons (Fsp3) is 0.211. The van der Waals surface area contributed by atoms with Crippen molar-refractivity contribution in [3.05, 3.63) is 66.0 Å². The van der Waals surface area contributed by atoms with Crippen molar-refractivity contribution in [2.75, 3.05) is 20.8 Å². The number of hydrogen-bond acceptors (Lipinski definition) is 5. The molecule has 0 spiro atoms. The number of hydrogen-bond donors (Lipinski definition) is 1. The van der Waals surface area contributed by atoms with Crippen LogP contribution in [0.15, 0.2) is 54.7 Å². The Morgan fingerprint density at radius 3 is 2.58 bits per heavy atom. The third-order valence-electron chi connectivity index (χ3n) is 3.89. The minimum absolute atomic E-state index is 0.257. The number of nitrogens with zero attached hydrogens (tertiary/aromatic N) is 3. The van der Waals surface area contributed by atoms with Crippen LogP contribution in [-0.4, -0.2) is 41.7 Å². The third kappa shape index (κ3) is 4.00. The van der Waals surface area contributed by atoms with Crippen LogP contribution in [0.2, 0.25) is 0 Å². The average molecular weight is 352 g/mol. The van der Waals surface area contributed by atoms with Crippen molar-refractivity contribution in [3.8, 4) is 17.2 Å². The van der Waals surface area contributed by atoms with Gasteiger partial charge in [0.1, 0.15) is 0 Å². The summed E-state index contributed by atoms with van der Waals surface area (Å²) in [6, 6.07) is 15.2. The Bertz CT molecular complexity index is 878. The summed E-state index contributed by atoms with van der Waals surface area (Å²) in [5.74, 6) is 1.09. The lowest BCUT2D eigenvalue weighted by Gasteiger charge is -2.09. The van der Waals surface area contributed by atoms with Crippen LogP contribution in [0.1, 0.15) is 16.1 Å². The fourth-order valence-corrected chi connectivity index (χ4v) is 2.52. The maximum atomic E-state index is 12.2. The second kappa shape index (κ2) is 8.15. The molecule has 0 aliphatic carbocycles. The zero-order valence-corrected chi connectivity index (χ0v) is 14.7. The molecule has 0 unspecified atom stereocenters. The number of benzene rings is 2. The van der Waals surface area contributed by atoms with Gasteiger partial charge in [0.2, 0.25) is 0 Å². The Hall–Kier alpha value is -3.35. The number of carbonyl (C=O) groups is 1. The van der Waals surface area contributed by atoms with Crippen LogP contribution in [0, 0.1) is 0 Å². The van der Waals surface area contributed by atoms with E-state index in [2.05, 4.69) is 15.6 Å². The van der Waals surface area contributed by atoms with E-state index in [-0.39, 0.29) is 11.6 Å². The standard InChI is InChI=1S/C19H20N4O3/c1-25-17-9-8-14(12-18(17)26-2)10-11-20-19(24)16-13-23(22-21-16)15-6-4-3-5-7-15/h3-9,12-13H,10-11H2,1-2H3,(H,20,24). The summed E-state index contributed by atoms with van der Waals surface area (Å²) in [5.41, 5.74) is 2.17. The number of para-hydroxylation sites is 1. The largest absolute Gasteiger partial charge is 0.493 e. The highest BCUT2D eigenvalue weighted by Crippen LogP contribution is 2.27. The van der Waals surface area contributed by atoms with Gasteiger partial charge in [-0.15, -0.1) is 5.10 Å². The number of aromatic nitrogens is 3. The predicted molar refractivity (Wildman–Crippen MR) is 96.9 cm³/mol.